The minimum Gasteiger partial charge on any atom is -0.394 e. The molecule has 0 aromatic heterocycles. The largest absolute Gasteiger partial charge is 0.394 e. The second kappa shape index (κ2) is 48.5. The average molecular weight is 818 g/mol. The summed E-state index contributed by atoms with van der Waals surface area (Å²) in [7, 11) is 0. The Morgan fingerprint density at radius 1 is 0.431 bits per heavy atom. The Labute approximate surface area is 362 Å². The fraction of sp³-hybridized carbons (Fsp3) is 0.906. The summed E-state index contributed by atoms with van der Waals surface area (Å²) in [5.41, 5.74) is 0. The van der Waals surface area contributed by atoms with E-state index in [0.29, 0.717) is 6.42 Å². The van der Waals surface area contributed by atoms with Crippen molar-refractivity contribution in [2.75, 3.05) is 6.61 Å². The lowest BCUT2D eigenvalue weighted by atomic mass is 10.0. The number of hydrogen-bond donors (Lipinski definition) is 4. The average Bonchev–Trinajstić information content (AvgIpc) is 3.22. The third-order valence-electron chi connectivity index (χ3n) is 12.2. The van der Waals surface area contributed by atoms with Crippen molar-refractivity contribution in [1.29, 1.82) is 0 Å². The molecular formula is C53H103NO4. The van der Waals surface area contributed by atoms with Gasteiger partial charge >= 0.3 is 0 Å². The molecule has 3 atom stereocenters. The van der Waals surface area contributed by atoms with Gasteiger partial charge in [-0.3, -0.25) is 4.79 Å². The van der Waals surface area contributed by atoms with Crippen LogP contribution in [0.4, 0.5) is 0 Å². The highest BCUT2D eigenvalue weighted by molar-refractivity contribution is 5.76. The summed E-state index contributed by atoms with van der Waals surface area (Å²) in [6, 6.07) is -0.746. The van der Waals surface area contributed by atoms with Crippen molar-refractivity contribution in [1.82, 2.24) is 5.32 Å². The third-order valence-corrected chi connectivity index (χ3v) is 12.2. The minimum absolute atomic E-state index is 0.0102. The van der Waals surface area contributed by atoms with E-state index in [1.165, 1.54) is 218 Å². The maximum Gasteiger partial charge on any atom is 0.222 e. The molecule has 1 amide bonds. The molecule has 0 aromatic carbocycles. The van der Waals surface area contributed by atoms with E-state index in [9.17, 15) is 20.1 Å². The van der Waals surface area contributed by atoms with E-state index >= 15 is 0 Å². The van der Waals surface area contributed by atoms with Crippen LogP contribution in [0.25, 0.3) is 0 Å². The molecule has 0 radical (unpaired) electrons. The van der Waals surface area contributed by atoms with Crippen LogP contribution in [0.3, 0.4) is 0 Å². The second-order valence-electron chi connectivity index (χ2n) is 18.1. The monoisotopic (exact) mass is 818 g/mol. The Morgan fingerprint density at radius 3 is 1.05 bits per heavy atom. The van der Waals surface area contributed by atoms with E-state index in [1.54, 1.807) is 6.08 Å². The summed E-state index contributed by atoms with van der Waals surface area (Å²) in [5, 5.41) is 33.4. The first-order chi connectivity index (χ1) is 28.5. The Hall–Kier alpha value is -1.17. The zero-order valence-corrected chi connectivity index (χ0v) is 39.2. The predicted molar refractivity (Wildman–Crippen MR) is 255 cm³/mol. The molecule has 0 heterocycles. The Bertz CT molecular complexity index is 859. The lowest BCUT2D eigenvalue weighted by Crippen LogP contribution is -2.45. The molecule has 0 aliphatic heterocycles. The summed E-state index contributed by atoms with van der Waals surface area (Å²) in [5.74, 6) is -0.317. The quantitative estimate of drug-likeness (QED) is 0.0364. The molecule has 0 fully saturated rings. The van der Waals surface area contributed by atoms with Crippen LogP contribution in [0.1, 0.15) is 284 Å². The molecule has 0 spiro atoms. The first kappa shape index (κ1) is 56.8. The highest BCUT2D eigenvalue weighted by Crippen LogP contribution is 2.17. The van der Waals surface area contributed by atoms with Gasteiger partial charge in [0.2, 0.25) is 5.91 Å². The van der Waals surface area contributed by atoms with Crippen LogP contribution in [0.5, 0.6) is 0 Å². The molecule has 0 aliphatic carbocycles. The first-order valence-electron chi connectivity index (χ1n) is 26.1. The third kappa shape index (κ3) is 44.4. The zero-order valence-electron chi connectivity index (χ0n) is 39.2. The number of aliphatic hydroxyl groups is 3. The summed E-state index contributed by atoms with van der Waals surface area (Å²) in [4.78, 5) is 12.5. The molecule has 0 bridgehead atoms. The molecule has 0 aromatic rings. The molecule has 0 aliphatic rings. The molecule has 58 heavy (non-hydrogen) atoms. The number of carbonyl (C=O) groups excluding carboxylic acids is 1. The molecule has 3 unspecified atom stereocenters. The van der Waals surface area contributed by atoms with Gasteiger partial charge in [0.05, 0.1) is 31.3 Å². The summed E-state index contributed by atoms with van der Waals surface area (Å²) in [6.45, 7) is 4.24. The number of rotatable bonds is 48. The van der Waals surface area contributed by atoms with Crippen LogP contribution >= 0.6 is 0 Å². The lowest BCUT2D eigenvalue weighted by molar-refractivity contribution is -0.124. The number of allylic oxidation sites excluding steroid dienone is 3. The van der Waals surface area contributed by atoms with Gasteiger partial charge in [-0.1, -0.05) is 256 Å². The van der Waals surface area contributed by atoms with E-state index in [-0.39, 0.29) is 18.9 Å². The van der Waals surface area contributed by atoms with Gasteiger partial charge in [-0.25, -0.2) is 0 Å². The molecule has 5 nitrogen and oxygen atoms in total. The van der Waals surface area contributed by atoms with Gasteiger partial charge in [0.25, 0.3) is 0 Å². The topological polar surface area (TPSA) is 89.8 Å². The standard InChI is InChI=1S/C53H103NO4/c1-3-5-7-9-11-13-15-17-19-21-23-24-25-26-27-29-31-33-35-37-39-41-43-45-47-52(57)51(49-55)54-53(58)48-50(56)46-44-42-40-38-36-34-32-30-28-22-20-18-16-14-12-10-8-6-4-2/h30,32,45,47,50-52,55-57H,3-29,31,33-44,46,48-49H2,1-2H3,(H,54,58)/b32-30-,47-45+. The van der Waals surface area contributed by atoms with Gasteiger partial charge in [-0.15, -0.1) is 0 Å². The van der Waals surface area contributed by atoms with Crippen LogP contribution in [0.15, 0.2) is 24.3 Å². The van der Waals surface area contributed by atoms with Crippen LogP contribution in [-0.2, 0) is 4.79 Å². The summed E-state index contributed by atoms with van der Waals surface area (Å²) >= 11 is 0. The molecule has 0 saturated heterocycles. The van der Waals surface area contributed by atoms with Gasteiger partial charge in [0.1, 0.15) is 0 Å². The van der Waals surface area contributed by atoms with E-state index in [0.717, 1.165) is 38.5 Å². The molecule has 4 N–H and O–H groups in total. The maximum absolute atomic E-state index is 12.5. The number of unbranched alkanes of at least 4 members (excludes halogenated alkanes) is 37. The molecular weight excluding hydrogens is 715 g/mol. The number of hydrogen-bond acceptors (Lipinski definition) is 4. The summed E-state index contributed by atoms with van der Waals surface area (Å²) < 4.78 is 0. The van der Waals surface area contributed by atoms with Crippen LogP contribution in [-0.4, -0.2) is 46.1 Å². The maximum atomic E-state index is 12.5. The van der Waals surface area contributed by atoms with E-state index in [2.05, 4.69) is 31.3 Å². The Morgan fingerprint density at radius 2 is 0.724 bits per heavy atom. The van der Waals surface area contributed by atoms with E-state index in [1.807, 2.05) is 6.08 Å². The fourth-order valence-corrected chi connectivity index (χ4v) is 8.22. The highest BCUT2D eigenvalue weighted by Gasteiger charge is 2.20. The highest BCUT2D eigenvalue weighted by atomic mass is 16.3. The van der Waals surface area contributed by atoms with Crippen molar-refractivity contribution < 1.29 is 20.1 Å². The SMILES string of the molecule is CCCCCCCCCCCC/C=C\CCCCCCCC(O)CC(=O)NC(CO)C(O)/C=C/CCCCCCCCCCCCCCCCCCCCCCCC. The van der Waals surface area contributed by atoms with Crippen LogP contribution in [0.2, 0.25) is 0 Å². The van der Waals surface area contributed by atoms with Gasteiger partial charge in [-0.05, 0) is 44.9 Å². The van der Waals surface area contributed by atoms with Gasteiger partial charge in [0, 0.05) is 0 Å². The fourth-order valence-electron chi connectivity index (χ4n) is 8.22. The normalized spacial score (nSPS) is 13.5. The van der Waals surface area contributed by atoms with Crippen molar-refractivity contribution in [3.8, 4) is 0 Å². The molecule has 344 valence electrons. The number of carbonyl (C=O) groups is 1. The van der Waals surface area contributed by atoms with Gasteiger partial charge in [-0.2, -0.15) is 0 Å². The van der Waals surface area contributed by atoms with Crippen LogP contribution in [0, 0.1) is 0 Å². The Balaban J connectivity index is 3.60. The number of nitrogens with one attached hydrogen (secondary N) is 1. The molecule has 5 heteroatoms. The minimum atomic E-state index is -0.930. The number of aliphatic hydroxyl groups excluding tert-OH is 3. The molecule has 0 saturated carbocycles. The Kier molecular flexibility index (Phi) is 47.5. The first-order valence-corrected chi connectivity index (χ1v) is 26.1. The van der Waals surface area contributed by atoms with Crippen molar-refractivity contribution >= 4 is 5.91 Å². The van der Waals surface area contributed by atoms with Crippen molar-refractivity contribution in [3.05, 3.63) is 24.3 Å². The smallest absolute Gasteiger partial charge is 0.222 e. The van der Waals surface area contributed by atoms with Crippen LogP contribution < -0.4 is 5.32 Å². The predicted octanol–water partition coefficient (Wildman–Crippen LogP) is 15.7. The van der Waals surface area contributed by atoms with Gasteiger partial charge < -0.3 is 20.6 Å². The zero-order chi connectivity index (χ0) is 42.3. The van der Waals surface area contributed by atoms with Crippen molar-refractivity contribution in [3.63, 3.8) is 0 Å². The van der Waals surface area contributed by atoms with Crippen molar-refractivity contribution in [2.45, 2.75) is 302 Å². The van der Waals surface area contributed by atoms with Crippen molar-refractivity contribution in [2.24, 2.45) is 0 Å². The van der Waals surface area contributed by atoms with E-state index < -0.39 is 18.2 Å². The number of amides is 1. The second-order valence-corrected chi connectivity index (χ2v) is 18.1. The lowest BCUT2D eigenvalue weighted by Gasteiger charge is -2.21. The summed E-state index contributed by atoms with van der Waals surface area (Å²) in [6.07, 6.45) is 60.6. The molecule has 0 rings (SSSR count). The van der Waals surface area contributed by atoms with Gasteiger partial charge in [0.15, 0.2) is 0 Å². The van der Waals surface area contributed by atoms with E-state index in [4.69, 9.17) is 0 Å².